The maximum absolute atomic E-state index is 4.22. The molecule has 4 nitrogen and oxygen atoms in total. The molecule has 0 spiro atoms. The Morgan fingerprint density at radius 1 is 1.22 bits per heavy atom. The first-order chi connectivity index (χ1) is 8.90. The Bertz CT molecular complexity index is 646. The molecule has 0 aliphatic heterocycles. The van der Waals surface area contributed by atoms with E-state index in [9.17, 15) is 0 Å². The second kappa shape index (κ2) is 4.80. The number of aromatic nitrogens is 3. The molecule has 2 heterocycles. The van der Waals surface area contributed by atoms with Crippen LogP contribution >= 0.6 is 11.5 Å². The molecule has 2 aromatic heterocycles. The summed E-state index contributed by atoms with van der Waals surface area (Å²) in [5.74, 6) is 0. The van der Waals surface area contributed by atoms with Crippen molar-refractivity contribution in [2.75, 3.05) is 7.05 Å². The minimum absolute atomic E-state index is 0.109. The van der Waals surface area contributed by atoms with Gasteiger partial charge in [-0.3, -0.25) is 4.98 Å². The van der Waals surface area contributed by atoms with Gasteiger partial charge >= 0.3 is 0 Å². The molecule has 1 atom stereocenters. The molecule has 0 saturated carbocycles. The quantitative estimate of drug-likeness (QED) is 0.781. The molecule has 3 aromatic rings. The maximum Gasteiger partial charge on any atom is 0.0707 e. The predicted molar refractivity (Wildman–Crippen MR) is 72.6 cm³/mol. The Labute approximate surface area is 109 Å². The molecule has 5 heteroatoms. The summed E-state index contributed by atoms with van der Waals surface area (Å²) in [7, 11) is 1.94. The summed E-state index contributed by atoms with van der Waals surface area (Å²) in [5, 5.41) is 9.58. The summed E-state index contributed by atoms with van der Waals surface area (Å²) in [6.45, 7) is 0. The van der Waals surface area contributed by atoms with Crippen LogP contribution < -0.4 is 5.32 Å². The molecule has 0 aliphatic rings. The number of nitrogens with zero attached hydrogens (tertiary/aromatic N) is 3. The number of hydrogen-bond acceptors (Lipinski definition) is 5. The van der Waals surface area contributed by atoms with Crippen molar-refractivity contribution in [2.45, 2.75) is 6.04 Å². The number of hydrogen-bond donors (Lipinski definition) is 1. The van der Waals surface area contributed by atoms with Crippen LogP contribution in [-0.4, -0.2) is 21.6 Å². The second-order valence-electron chi connectivity index (χ2n) is 3.99. The summed E-state index contributed by atoms with van der Waals surface area (Å²) in [6, 6.07) is 8.41. The van der Waals surface area contributed by atoms with Crippen molar-refractivity contribution in [1.29, 1.82) is 0 Å². The van der Waals surface area contributed by atoms with Crippen LogP contribution in [0.1, 0.15) is 16.5 Å². The normalized spacial score (nSPS) is 12.7. The molecule has 0 bridgehead atoms. The van der Waals surface area contributed by atoms with E-state index in [0.29, 0.717) is 0 Å². The number of rotatable bonds is 3. The van der Waals surface area contributed by atoms with Crippen molar-refractivity contribution in [3.05, 3.63) is 53.3 Å². The van der Waals surface area contributed by atoms with Gasteiger partial charge in [0.2, 0.25) is 0 Å². The smallest absolute Gasteiger partial charge is 0.0707 e. The highest BCUT2D eigenvalue weighted by molar-refractivity contribution is 7.05. The van der Waals surface area contributed by atoms with E-state index in [1.165, 1.54) is 22.5 Å². The number of fused-ring (bicyclic) bond motifs is 1. The third-order valence-corrected chi connectivity index (χ3v) is 3.71. The first-order valence-electron chi connectivity index (χ1n) is 5.67. The lowest BCUT2D eigenvalue weighted by Crippen LogP contribution is -2.16. The second-order valence-corrected chi connectivity index (χ2v) is 4.80. The summed E-state index contributed by atoms with van der Waals surface area (Å²) in [5.41, 5.74) is 1.20. The van der Waals surface area contributed by atoms with Gasteiger partial charge in [0.05, 0.1) is 17.1 Å². The minimum atomic E-state index is 0.109. The molecule has 0 aliphatic carbocycles. The maximum atomic E-state index is 4.22. The van der Waals surface area contributed by atoms with Crippen LogP contribution in [0.2, 0.25) is 0 Å². The van der Waals surface area contributed by atoms with Gasteiger partial charge in [-0.15, -0.1) is 5.10 Å². The monoisotopic (exact) mass is 256 g/mol. The van der Waals surface area contributed by atoms with E-state index in [1.54, 1.807) is 6.20 Å². The predicted octanol–water partition coefficient (Wildman–Crippen LogP) is 2.40. The molecular formula is C13H12N4S. The van der Waals surface area contributed by atoms with Crippen molar-refractivity contribution >= 4 is 22.3 Å². The topological polar surface area (TPSA) is 50.7 Å². The van der Waals surface area contributed by atoms with Crippen LogP contribution in [0.4, 0.5) is 0 Å². The summed E-state index contributed by atoms with van der Waals surface area (Å²) in [4.78, 5) is 5.32. The molecule has 1 N–H and O–H groups in total. The third kappa shape index (κ3) is 1.87. The van der Waals surface area contributed by atoms with E-state index >= 15 is 0 Å². The first-order valence-corrected chi connectivity index (χ1v) is 6.44. The van der Waals surface area contributed by atoms with E-state index in [4.69, 9.17) is 0 Å². The summed E-state index contributed by atoms with van der Waals surface area (Å²) >= 11 is 1.41. The Balaban J connectivity index is 2.18. The molecule has 90 valence electrons. The number of pyridine rings is 1. The van der Waals surface area contributed by atoms with Gasteiger partial charge in [-0.2, -0.15) is 0 Å². The lowest BCUT2D eigenvalue weighted by atomic mass is 10.00. The van der Waals surface area contributed by atoms with Crippen LogP contribution in [0.25, 0.3) is 10.8 Å². The average molecular weight is 256 g/mol. The van der Waals surface area contributed by atoms with Crippen LogP contribution in [0.15, 0.2) is 42.9 Å². The van der Waals surface area contributed by atoms with Crippen LogP contribution in [0.3, 0.4) is 0 Å². The van der Waals surface area contributed by atoms with Gasteiger partial charge in [-0.1, -0.05) is 22.7 Å². The van der Waals surface area contributed by atoms with Crippen molar-refractivity contribution in [3.63, 3.8) is 0 Å². The van der Waals surface area contributed by atoms with Crippen molar-refractivity contribution in [3.8, 4) is 0 Å². The van der Waals surface area contributed by atoms with E-state index in [-0.39, 0.29) is 6.04 Å². The molecule has 1 aromatic carbocycles. The van der Waals surface area contributed by atoms with Gasteiger partial charge in [0.25, 0.3) is 0 Å². The van der Waals surface area contributed by atoms with Gasteiger partial charge < -0.3 is 5.32 Å². The van der Waals surface area contributed by atoms with Gasteiger partial charge in [0.15, 0.2) is 0 Å². The van der Waals surface area contributed by atoms with Crippen LogP contribution in [-0.2, 0) is 0 Å². The highest BCUT2D eigenvalue weighted by atomic mass is 32.1. The Morgan fingerprint density at radius 2 is 2.17 bits per heavy atom. The van der Waals surface area contributed by atoms with E-state index < -0.39 is 0 Å². The molecule has 0 radical (unpaired) electrons. The lowest BCUT2D eigenvalue weighted by Gasteiger charge is -2.16. The van der Waals surface area contributed by atoms with E-state index in [2.05, 4.69) is 38.1 Å². The van der Waals surface area contributed by atoms with Crippen molar-refractivity contribution < 1.29 is 0 Å². The standard InChI is InChI=1S/C13H12N4S/c1-14-13(12-8-16-17-18-12)10-4-2-3-9-5-6-15-7-11(9)10/h2-8,13-14H,1H3. The average Bonchev–Trinajstić information content (AvgIpc) is 2.94. The van der Waals surface area contributed by atoms with Gasteiger partial charge in [-0.05, 0) is 35.6 Å². The summed E-state index contributed by atoms with van der Waals surface area (Å²) in [6.07, 6.45) is 5.53. The first kappa shape index (κ1) is 11.3. The summed E-state index contributed by atoms with van der Waals surface area (Å²) < 4.78 is 3.93. The highest BCUT2D eigenvalue weighted by Gasteiger charge is 2.16. The molecule has 0 saturated heterocycles. The highest BCUT2D eigenvalue weighted by Crippen LogP contribution is 2.29. The molecule has 0 amide bonds. The minimum Gasteiger partial charge on any atom is -0.309 e. The fraction of sp³-hybridized carbons (Fsp3) is 0.154. The Morgan fingerprint density at radius 3 is 2.94 bits per heavy atom. The number of nitrogens with one attached hydrogen (secondary N) is 1. The largest absolute Gasteiger partial charge is 0.309 e. The van der Waals surface area contributed by atoms with Crippen molar-refractivity contribution in [1.82, 2.24) is 19.9 Å². The zero-order valence-electron chi connectivity index (χ0n) is 9.87. The van der Waals surface area contributed by atoms with Gasteiger partial charge in [-0.25, -0.2) is 0 Å². The SMILES string of the molecule is CNC(c1cnns1)c1cccc2ccncc12. The van der Waals surface area contributed by atoms with E-state index in [1.807, 2.05) is 25.5 Å². The fourth-order valence-corrected chi connectivity index (χ4v) is 2.77. The zero-order chi connectivity index (χ0) is 12.4. The molecular weight excluding hydrogens is 244 g/mol. The van der Waals surface area contributed by atoms with Crippen molar-refractivity contribution in [2.24, 2.45) is 0 Å². The molecule has 1 unspecified atom stereocenters. The lowest BCUT2D eigenvalue weighted by molar-refractivity contribution is 0.707. The van der Waals surface area contributed by atoms with Crippen LogP contribution in [0, 0.1) is 0 Å². The van der Waals surface area contributed by atoms with E-state index in [0.717, 1.165) is 10.3 Å². The Kier molecular flexibility index (Phi) is 3.00. The van der Waals surface area contributed by atoms with Gasteiger partial charge in [0, 0.05) is 17.8 Å². The van der Waals surface area contributed by atoms with Crippen LogP contribution in [0.5, 0.6) is 0 Å². The third-order valence-electron chi connectivity index (χ3n) is 2.98. The molecule has 0 fully saturated rings. The molecule has 3 rings (SSSR count). The fourth-order valence-electron chi connectivity index (χ4n) is 2.14. The Hall–Kier alpha value is -1.85. The molecule has 18 heavy (non-hydrogen) atoms. The number of benzene rings is 1. The zero-order valence-corrected chi connectivity index (χ0v) is 10.7. The van der Waals surface area contributed by atoms with Gasteiger partial charge in [0.1, 0.15) is 0 Å².